The van der Waals surface area contributed by atoms with Gasteiger partial charge >= 0.3 is 0 Å². The van der Waals surface area contributed by atoms with Crippen molar-refractivity contribution in [1.82, 2.24) is 4.90 Å². The normalized spacial score (nSPS) is 27.1. The number of nitrogens with zero attached hydrogens (tertiary/aromatic N) is 1. The summed E-state index contributed by atoms with van der Waals surface area (Å²) >= 11 is 7.86. The largest absolute Gasteiger partial charge is 0.340 e. The molecule has 96 valence electrons. The molecule has 2 unspecified atom stereocenters. The van der Waals surface area contributed by atoms with Crippen LogP contribution >= 0.6 is 23.4 Å². The van der Waals surface area contributed by atoms with Gasteiger partial charge in [0.25, 0.3) is 0 Å². The highest BCUT2D eigenvalue weighted by atomic mass is 35.5. The van der Waals surface area contributed by atoms with E-state index in [0.717, 1.165) is 25.8 Å². The summed E-state index contributed by atoms with van der Waals surface area (Å²) in [5.41, 5.74) is 1.31. The third-order valence-corrected chi connectivity index (χ3v) is 5.26. The average Bonchev–Trinajstić information content (AvgIpc) is 2.81. The summed E-state index contributed by atoms with van der Waals surface area (Å²) in [5.74, 6) is 0.265. The lowest BCUT2D eigenvalue weighted by atomic mass is 10.1. The standard InChI is InChI=1S/C14H16ClNOS/c15-11-5-3-7-16(9-11)14(17)13-8-10-4-1-2-6-12(10)18-13/h1-2,4,6,11,13H,3,5,7-9H2. The molecule has 1 amide bonds. The van der Waals surface area contributed by atoms with E-state index in [1.54, 1.807) is 11.8 Å². The summed E-state index contributed by atoms with van der Waals surface area (Å²) in [6, 6.07) is 8.31. The number of carbonyl (C=O) groups excluding carboxylic acids is 1. The number of piperidine rings is 1. The van der Waals surface area contributed by atoms with E-state index in [-0.39, 0.29) is 16.5 Å². The summed E-state index contributed by atoms with van der Waals surface area (Å²) in [6.07, 6.45) is 2.93. The summed E-state index contributed by atoms with van der Waals surface area (Å²) < 4.78 is 0. The zero-order chi connectivity index (χ0) is 12.5. The van der Waals surface area contributed by atoms with E-state index in [0.29, 0.717) is 6.54 Å². The minimum absolute atomic E-state index is 0.0596. The fraction of sp³-hybridized carbons (Fsp3) is 0.500. The van der Waals surface area contributed by atoms with Gasteiger partial charge in [-0.05, 0) is 30.9 Å². The maximum absolute atomic E-state index is 12.5. The van der Waals surface area contributed by atoms with Gasteiger partial charge in [-0.3, -0.25) is 4.79 Å². The van der Waals surface area contributed by atoms with Gasteiger partial charge < -0.3 is 4.90 Å². The maximum atomic E-state index is 12.5. The van der Waals surface area contributed by atoms with E-state index in [1.165, 1.54) is 10.5 Å². The van der Waals surface area contributed by atoms with Gasteiger partial charge in [-0.25, -0.2) is 0 Å². The van der Waals surface area contributed by atoms with Crippen molar-refractivity contribution in [1.29, 1.82) is 0 Å². The first-order chi connectivity index (χ1) is 8.74. The van der Waals surface area contributed by atoms with Crippen LogP contribution in [0.4, 0.5) is 0 Å². The van der Waals surface area contributed by atoms with Crippen molar-refractivity contribution >= 4 is 29.3 Å². The molecule has 3 rings (SSSR count). The van der Waals surface area contributed by atoms with E-state index in [9.17, 15) is 4.79 Å². The number of likely N-dealkylation sites (tertiary alicyclic amines) is 1. The lowest BCUT2D eigenvalue weighted by Crippen LogP contribution is -2.44. The Hall–Kier alpha value is -0.670. The molecule has 18 heavy (non-hydrogen) atoms. The number of benzene rings is 1. The second-order valence-corrected chi connectivity index (χ2v) is 6.80. The number of rotatable bonds is 1. The minimum Gasteiger partial charge on any atom is -0.340 e. The van der Waals surface area contributed by atoms with Gasteiger partial charge in [0.15, 0.2) is 0 Å². The Kier molecular flexibility index (Phi) is 3.53. The number of hydrogen-bond donors (Lipinski definition) is 0. The molecule has 2 aliphatic rings. The van der Waals surface area contributed by atoms with Crippen LogP contribution in [0.3, 0.4) is 0 Å². The quantitative estimate of drug-likeness (QED) is 0.738. The first-order valence-electron chi connectivity index (χ1n) is 6.41. The fourth-order valence-electron chi connectivity index (χ4n) is 2.65. The monoisotopic (exact) mass is 281 g/mol. The molecule has 4 heteroatoms. The van der Waals surface area contributed by atoms with Crippen LogP contribution in [-0.2, 0) is 11.2 Å². The Balaban J connectivity index is 1.68. The molecule has 0 aliphatic carbocycles. The highest BCUT2D eigenvalue weighted by Crippen LogP contribution is 2.37. The molecule has 2 atom stereocenters. The predicted octanol–water partition coefficient (Wildman–Crippen LogP) is 2.93. The molecule has 0 aromatic heterocycles. The number of halogens is 1. The van der Waals surface area contributed by atoms with Crippen LogP contribution in [-0.4, -0.2) is 34.5 Å². The maximum Gasteiger partial charge on any atom is 0.236 e. The van der Waals surface area contributed by atoms with E-state index < -0.39 is 0 Å². The molecule has 1 saturated heterocycles. The summed E-state index contributed by atoms with van der Waals surface area (Å²) in [5, 5.41) is 0.195. The molecular formula is C14H16ClNOS. The number of fused-ring (bicyclic) bond motifs is 1. The summed E-state index contributed by atoms with van der Waals surface area (Å²) in [7, 11) is 0. The third kappa shape index (κ3) is 2.39. The second kappa shape index (κ2) is 5.14. The Labute approximate surface area is 117 Å². The lowest BCUT2D eigenvalue weighted by Gasteiger charge is -2.31. The van der Waals surface area contributed by atoms with Gasteiger partial charge in [0.1, 0.15) is 0 Å². The molecule has 1 aromatic carbocycles. The predicted molar refractivity (Wildman–Crippen MR) is 75.2 cm³/mol. The van der Waals surface area contributed by atoms with Crippen molar-refractivity contribution in [2.45, 2.75) is 34.8 Å². The first-order valence-corrected chi connectivity index (χ1v) is 7.73. The molecule has 0 radical (unpaired) electrons. The second-order valence-electron chi connectivity index (χ2n) is 4.94. The van der Waals surface area contributed by atoms with Crippen molar-refractivity contribution in [3.63, 3.8) is 0 Å². The smallest absolute Gasteiger partial charge is 0.236 e. The third-order valence-electron chi connectivity index (χ3n) is 3.60. The van der Waals surface area contributed by atoms with E-state index in [2.05, 4.69) is 12.1 Å². The van der Waals surface area contributed by atoms with E-state index in [4.69, 9.17) is 11.6 Å². The summed E-state index contributed by atoms with van der Waals surface area (Å²) in [6.45, 7) is 1.59. The highest BCUT2D eigenvalue weighted by Gasteiger charge is 2.33. The molecule has 1 fully saturated rings. The van der Waals surface area contributed by atoms with Crippen molar-refractivity contribution in [3.8, 4) is 0 Å². The summed E-state index contributed by atoms with van der Waals surface area (Å²) in [4.78, 5) is 15.7. The van der Waals surface area contributed by atoms with Crippen LogP contribution in [0.2, 0.25) is 0 Å². The van der Waals surface area contributed by atoms with Crippen LogP contribution in [0.1, 0.15) is 18.4 Å². The zero-order valence-electron chi connectivity index (χ0n) is 10.1. The number of thioether (sulfide) groups is 1. The Bertz CT molecular complexity index is 440. The Morgan fingerprint density at radius 1 is 1.39 bits per heavy atom. The molecule has 2 aliphatic heterocycles. The van der Waals surface area contributed by atoms with E-state index >= 15 is 0 Å². The van der Waals surface area contributed by atoms with Crippen LogP contribution in [0.15, 0.2) is 29.2 Å². The van der Waals surface area contributed by atoms with Gasteiger partial charge in [-0.15, -0.1) is 23.4 Å². The van der Waals surface area contributed by atoms with Crippen LogP contribution in [0, 0.1) is 0 Å². The van der Waals surface area contributed by atoms with Crippen molar-refractivity contribution in [2.24, 2.45) is 0 Å². The highest BCUT2D eigenvalue weighted by molar-refractivity contribution is 8.01. The average molecular weight is 282 g/mol. The molecule has 1 aromatic rings. The van der Waals surface area contributed by atoms with Crippen molar-refractivity contribution in [2.75, 3.05) is 13.1 Å². The van der Waals surface area contributed by atoms with Gasteiger partial charge in [-0.2, -0.15) is 0 Å². The van der Waals surface area contributed by atoms with Gasteiger partial charge in [0.05, 0.1) is 10.6 Å². The molecule has 0 bridgehead atoms. The lowest BCUT2D eigenvalue weighted by molar-refractivity contribution is -0.131. The minimum atomic E-state index is 0.0596. The van der Waals surface area contributed by atoms with E-state index in [1.807, 2.05) is 17.0 Å². The zero-order valence-corrected chi connectivity index (χ0v) is 11.7. The van der Waals surface area contributed by atoms with Crippen LogP contribution in [0.5, 0.6) is 0 Å². The van der Waals surface area contributed by atoms with Crippen molar-refractivity contribution < 1.29 is 4.79 Å². The first kappa shape index (κ1) is 12.4. The van der Waals surface area contributed by atoms with Crippen molar-refractivity contribution in [3.05, 3.63) is 29.8 Å². The number of amides is 1. The molecule has 2 nitrogen and oxygen atoms in total. The number of carbonyl (C=O) groups is 1. The SMILES string of the molecule is O=C(C1Cc2ccccc2S1)N1CCCC(Cl)C1. The topological polar surface area (TPSA) is 20.3 Å². The molecule has 0 saturated carbocycles. The Morgan fingerprint density at radius 3 is 3.00 bits per heavy atom. The number of hydrogen-bond acceptors (Lipinski definition) is 2. The van der Waals surface area contributed by atoms with Gasteiger partial charge in [-0.1, -0.05) is 18.2 Å². The van der Waals surface area contributed by atoms with Gasteiger partial charge in [0.2, 0.25) is 5.91 Å². The number of alkyl halides is 1. The van der Waals surface area contributed by atoms with Crippen LogP contribution in [0.25, 0.3) is 0 Å². The molecular weight excluding hydrogens is 266 g/mol. The molecule has 0 spiro atoms. The molecule has 0 N–H and O–H groups in total. The Morgan fingerprint density at radius 2 is 2.22 bits per heavy atom. The fourth-order valence-corrected chi connectivity index (χ4v) is 4.25. The molecule has 2 heterocycles. The van der Waals surface area contributed by atoms with Gasteiger partial charge in [0, 0.05) is 18.0 Å². The van der Waals surface area contributed by atoms with Crippen LogP contribution < -0.4 is 0 Å².